The van der Waals surface area contributed by atoms with E-state index in [-0.39, 0.29) is 35.6 Å². The van der Waals surface area contributed by atoms with E-state index in [2.05, 4.69) is 14.8 Å². The lowest BCUT2D eigenvalue weighted by atomic mass is 9.95. The minimum absolute atomic E-state index is 0.102. The van der Waals surface area contributed by atoms with Crippen LogP contribution in [0, 0.1) is 0 Å². The Balaban J connectivity index is 1.62. The Morgan fingerprint density at radius 2 is 1.76 bits per heavy atom. The van der Waals surface area contributed by atoms with Crippen molar-refractivity contribution in [3.63, 3.8) is 0 Å². The van der Waals surface area contributed by atoms with E-state index in [4.69, 9.17) is 14.2 Å². The number of benzene rings is 2. The van der Waals surface area contributed by atoms with Crippen LogP contribution >= 0.6 is 0 Å². The maximum atomic E-state index is 12.7. The van der Waals surface area contributed by atoms with Crippen LogP contribution in [-0.2, 0) is 14.8 Å². The summed E-state index contributed by atoms with van der Waals surface area (Å²) in [5.41, 5.74) is 1.07. The number of methoxy groups -OCH3 is 3. The van der Waals surface area contributed by atoms with Crippen LogP contribution in [0.1, 0.15) is 49.7 Å². The summed E-state index contributed by atoms with van der Waals surface area (Å²) in [4.78, 5) is 12.8. The van der Waals surface area contributed by atoms with Gasteiger partial charge in [-0.25, -0.2) is 5.01 Å². The number of ether oxygens (including phenoxy) is 3. The van der Waals surface area contributed by atoms with E-state index in [0.717, 1.165) is 25.7 Å². The van der Waals surface area contributed by atoms with Gasteiger partial charge in [0.05, 0.1) is 34.1 Å². The first-order valence-electron chi connectivity index (χ1n) is 12.2. The SMILES string of the molecule is COc1cc(C=NN(CCC(=O)NC2CCCCC2)C2=NS(=O)(=O)c3ccccc32)cc(OC)c1OC. The lowest BCUT2D eigenvalue weighted by molar-refractivity contribution is -0.122. The maximum absolute atomic E-state index is 12.7. The van der Waals surface area contributed by atoms with Gasteiger partial charge in [-0.1, -0.05) is 31.4 Å². The molecule has 11 heteroatoms. The summed E-state index contributed by atoms with van der Waals surface area (Å²) < 4.78 is 45.6. The fourth-order valence-corrected chi connectivity index (χ4v) is 5.77. The molecule has 1 amide bonds. The highest BCUT2D eigenvalue weighted by atomic mass is 32.2. The zero-order chi connectivity index (χ0) is 26.4. The van der Waals surface area contributed by atoms with Crippen molar-refractivity contribution in [3.8, 4) is 17.2 Å². The third-order valence-corrected chi connectivity index (χ3v) is 7.74. The summed E-state index contributed by atoms with van der Waals surface area (Å²) in [5, 5.41) is 9.09. The van der Waals surface area contributed by atoms with Crippen LogP contribution in [0.15, 0.2) is 50.8 Å². The van der Waals surface area contributed by atoms with Crippen molar-refractivity contribution in [3.05, 3.63) is 47.5 Å². The highest BCUT2D eigenvalue weighted by molar-refractivity contribution is 7.90. The van der Waals surface area contributed by atoms with Gasteiger partial charge in [0.25, 0.3) is 10.0 Å². The molecule has 2 aliphatic rings. The third-order valence-electron chi connectivity index (χ3n) is 6.41. The fraction of sp³-hybridized carbons (Fsp3) is 0.423. The molecule has 2 aromatic carbocycles. The molecule has 0 radical (unpaired) electrons. The summed E-state index contributed by atoms with van der Waals surface area (Å²) in [5.74, 6) is 1.42. The summed E-state index contributed by atoms with van der Waals surface area (Å²) in [6, 6.07) is 10.2. The molecule has 1 aliphatic heterocycles. The standard InChI is InChI=1S/C26H32N4O6S/c1-34-21-15-18(16-22(35-2)25(21)36-3)17-27-30(14-13-24(31)28-19-9-5-4-6-10-19)26-20-11-7-8-12-23(20)37(32,33)29-26/h7-8,11-12,15-17,19H,4-6,9-10,13-14H2,1-3H3,(H,28,31). The second-order valence-electron chi connectivity index (χ2n) is 8.86. The van der Waals surface area contributed by atoms with E-state index in [1.807, 2.05) is 0 Å². The Morgan fingerprint density at radius 1 is 1.08 bits per heavy atom. The van der Waals surface area contributed by atoms with Crippen LogP contribution in [0.2, 0.25) is 0 Å². The number of nitrogens with one attached hydrogen (secondary N) is 1. The lowest BCUT2D eigenvalue weighted by Gasteiger charge is -2.24. The summed E-state index contributed by atoms with van der Waals surface area (Å²) in [6.45, 7) is 0.141. The normalized spacial score (nSPS) is 16.7. The van der Waals surface area contributed by atoms with Crippen molar-refractivity contribution in [2.24, 2.45) is 9.50 Å². The number of sulfonamides is 1. The largest absolute Gasteiger partial charge is 0.493 e. The number of carbonyl (C=O) groups excluding carboxylic acids is 1. The highest BCUT2D eigenvalue weighted by Gasteiger charge is 2.32. The summed E-state index contributed by atoms with van der Waals surface area (Å²) >= 11 is 0. The smallest absolute Gasteiger partial charge is 0.285 e. The Hall–Kier alpha value is -3.60. The van der Waals surface area contributed by atoms with E-state index in [1.54, 1.807) is 36.5 Å². The molecule has 4 rings (SSSR count). The molecule has 0 atom stereocenters. The van der Waals surface area contributed by atoms with Crippen LogP contribution in [0.4, 0.5) is 0 Å². The topological polar surface area (TPSA) is 119 Å². The van der Waals surface area contributed by atoms with Crippen molar-refractivity contribution < 1.29 is 27.4 Å². The van der Waals surface area contributed by atoms with Crippen molar-refractivity contribution in [1.82, 2.24) is 10.3 Å². The van der Waals surface area contributed by atoms with Gasteiger partial charge in [-0.05, 0) is 37.1 Å². The number of amides is 1. The second-order valence-corrected chi connectivity index (χ2v) is 10.4. The minimum Gasteiger partial charge on any atom is -0.493 e. The van der Waals surface area contributed by atoms with Gasteiger partial charge in [-0.2, -0.15) is 13.5 Å². The molecular formula is C26H32N4O6S. The molecular weight excluding hydrogens is 496 g/mol. The van der Waals surface area contributed by atoms with Crippen molar-refractivity contribution >= 4 is 28.0 Å². The van der Waals surface area contributed by atoms with Gasteiger partial charge in [-0.15, -0.1) is 4.40 Å². The first-order chi connectivity index (χ1) is 17.9. The molecule has 0 aromatic heterocycles. The average Bonchev–Trinajstić information content (AvgIpc) is 3.19. The first kappa shape index (κ1) is 26.5. The molecule has 1 fully saturated rings. The van der Waals surface area contributed by atoms with Gasteiger partial charge in [0.15, 0.2) is 17.3 Å². The van der Waals surface area contributed by atoms with E-state index in [9.17, 15) is 13.2 Å². The van der Waals surface area contributed by atoms with Gasteiger partial charge in [0, 0.05) is 23.6 Å². The van der Waals surface area contributed by atoms with Crippen LogP contribution in [-0.4, -0.2) is 65.3 Å². The molecule has 0 spiro atoms. The minimum atomic E-state index is -3.86. The van der Waals surface area contributed by atoms with Gasteiger partial charge < -0.3 is 19.5 Å². The summed E-state index contributed by atoms with van der Waals surface area (Å²) in [6.07, 6.45) is 7.05. The Bertz CT molecular complexity index is 1280. The second kappa shape index (κ2) is 11.6. The molecule has 0 bridgehead atoms. The van der Waals surface area contributed by atoms with Crippen molar-refractivity contribution in [1.29, 1.82) is 0 Å². The van der Waals surface area contributed by atoms with Crippen LogP contribution in [0.25, 0.3) is 0 Å². The third kappa shape index (κ3) is 6.04. The number of rotatable bonds is 9. The van der Waals surface area contributed by atoms with Gasteiger partial charge in [0.2, 0.25) is 11.7 Å². The van der Waals surface area contributed by atoms with E-state index in [0.29, 0.717) is 28.4 Å². The van der Waals surface area contributed by atoms with Gasteiger partial charge in [0.1, 0.15) is 4.90 Å². The van der Waals surface area contributed by atoms with Crippen molar-refractivity contribution in [2.75, 3.05) is 27.9 Å². The van der Waals surface area contributed by atoms with Gasteiger partial charge in [-0.3, -0.25) is 4.79 Å². The Labute approximate surface area is 217 Å². The lowest BCUT2D eigenvalue weighted by Crippen LogP contribution is -2.38. The molecule has 37 heavy (non-hydrogen) atoms. The number of amidine groups is 1. The highest BCUT2D eigenvalue weighted by Crippen LogP contribution is 2.38. The molecule has 1 saturated carbocycles. The maximum Gasteiger partial charge on any atom is 0.285 e. The van der Waals surface area contributed by atoms with Gasteiger partial charge >= 0.3 is 0 Å². The number of carbonyl (C=O) groups is 1. The van der Waals surface area contributed by atoms with E-state index < -0.39 is 10.0 Å². The zero-order valence-corrected chi connectivity index (χ0v) is 22.1. The number of hydrazone groups is 1. The molecule has 1 N–H and O–H groups in total. The summed E-state index contributed by atoms with van der Waals surface area (Å²) in [7, 11) is 0.696. The monoisotopic (exact) mass is 528 g/mol. The average molecular weight is 529 g/mol. The molecule has 1 heterocycles. The molecule has 1 aliphatic carbocycles. The predicted molar refractivity (Wildman–Crippen MR) is 140 cm³/mol. The number of hydrogen-bond donors (Lipinski definition) is 1. The Kier molecular flexibility index (Phi) is 8.32. The van der Waals surface area contributed by atoms with Crippen LogP contribution in [0.5, 0.6) is 17.2 Å². The number of fused-ring (bicyclic) bond motifs is 1. The van der Waals surface area contributed by atoms with Crippen molar-refractivity contribution in [2.45, 2.75) is 49.5 Å². The number of nitrogens with zero attached hydrogens (tertiary/aromatic N) is 3. The molecule has 2 aromatic rings. The molecule has 0 unspecified atom stereocenters. The quantitative estimate of drug-likeness (QED) is 0.392. The Morgan fingerprint density at radius 3 is 2.41 bits per heavy atom. The fourth-order valence-electron chi connectivity index (χ4n) is 4.56. The first-order valence-corrected chi connectivity index (χ1v) is 13.7. The molecule has 198 valence electrons. The van der Waals surface area contributed by atoms with Crippen LogP contribution in [0.3, 0.4) is 0 Å². The molecule has 10 nitrogen and oxygen atoms in total. The predicted octanol–water partition coefficient (Wildman–Crippen LogP) is 3.34. The molecule has 0 saturated heterocycles. The van der Waals surface area contributed by atoms with E-state index in [1.165, 1.54) is 38.8 Å². The van der Waals surface area contributed by atoms with Crippen LogP contribution < -0.4 is 19.5 Å². The van der Waals surface area contributed by atoms with E-state index >= 15 is 0 Å². The number of hydrogen-bond acceptors (Lipinski definition) is 8. The zero-order valence-electron chi connectivity index (χ0n) is 21.3.